The molecule has 0 saturated heterocycles. The normalized spacial score (nSPS) is 24.3. The molecular weight excluding hydrogens is 246 g/mol. The van der Waals surface area contributed by atoms with Crippen LogP contribution in [0.3, 0.4) is 0 Å². The van der Waals surface area contributed by atoms with Crippen molar-refractivity contribution in [1.82, 2.24) is 0 Å². The molecule has 0 aromatic heterocycles. The molecule has 5 nitrogen and oxygen atoms in total. The summed E-state index contributed by atoms with van der Waals surface area (Å²) in [7, 11) is -2.86. The Morgan fingerprint density at radius 3 is 2.43 bits per heavy atom. The molecule has 0 spiro atoms. The summed E-state index contributed by atoms with van der Waals surface area (Å²) in [5.41, 5.74) is -0.0961. The van der Waals surface area contributed by atoms with Gasteiger partial charge in [0.05, 0.1) is 4.67 Å². The first-order valence-corrected chi connectivity index (χ1v) is 8.24. The van der Waals surface area contributed by atoms with Crippen LogP contribution in [0.5, 0.6) is 0 Å². The van der Waals surface area contributed by atoms with Crippen molar-refractivity contribution in [3.63, 3.8) is 0 Å². The fourth-order valence-corrected chi connectivity index (χ4v) is 4.17. The van der Waals surface area contributed by atoms with E-state index in [9.17, 15) is 9.46 Å². The summed E-state index contributed by atoms with van der Waals surface area (Å²) in [4.78, 5) is 18.1. The lowest BCUT2D eigenvalue weighted by molar-refractivity contribution is -0.102. The summed E-state index contributed by atoms with van der Waals surface area (Å²) in [6.45, 7) is -3.05. The lowest BCUT2D eigenvalue weighted by Gasteiger charge is -2.25. The fourth-order valence-electron chi connectivity index (χ4n) is 1.54. The van der Waals surface area contributed by atoms with E-state index in [4.69, 9.17) is 16.7 Å². The SMILES string of the molecule is O=[P+](O)OOP(O)(=S)C1CCCCC1. The molecule has 0 aromatic carbocycles. The molecule has 2 atom stereocenters. The van der Waals surface area contributed by atoms with E-state index in [1.165, 1.54) is 0 Å². The first-order chi connectivity index (χ1) is 6.52. The largest absolute Gasteiger partial charge is 0.726 e. The molecule has 0 aromatic rings. The second kappa shape index (κ2) is 5.61. The van der Waals surface area contributed by atoms with Gasteiger partial charge >= 0.3 is 8.25 Å². The minimum absolute atomic E-state index is 0.0961. The molecular formula is C6H13O5P2S+. The zero-order valence-corrected chi connectivity index (χ0v) is 10.1. The highest BCUT2D eigenvalue weighted by Crippen LogP contribution is 2.54. The zero-order chi connectivity index (χ0) is 10.6. The highest BCUT2D eigenvalue weighted by molar-refractivity contribution is 8.09. The van der Waals surface area contributed by atoms with Crippen LogP contribution in [0.1, 0.15) is 32.1 Å². The van der Waals surface area contributed by atoms with Crippen molar-refractivity contribution < 1.29 is 23.7 Å². The highest BCUT2D eigenvalue weighted by Gasteiger charge is 2.33. The van der Waals surface area contributed by atoms with E-state index in [1.54, 1.807) is 0 Å². The van der Waals surface area contributed by atoms with Crippen LogP contribution in [-0.4, -0.2) is 15.4 Å². The van der Waals surface area contributed by atoms with Gasteiger partial charge in [-0.25, -0.2) is 0 Å². The van der Waals surface area contributed by atoms with Gasteiger partial charge in [0.15, 0.2) is 0 Å². The Hall–Kier alpha value is 0.590. The van der Waals surface area contributed by atoms with E-state index in [1.807, 2.05) is 0 Å². The van der Waals surface area contributed by atoms with Crippen molar-refractivity contribution in [3.8, 4) is 0 Å². The molecule has 1 aliphatic rings. The Morgan fingerprint density at radius 1 is 1.36 bits per heavy atom. The Morgan fingerprint density at radius 2 is 1.93 bits per heavy atom. The maximum atomic E-state index is 10.2. The summed E-state index contributed by atoms with van der Waals surface area (Å²) in [5, 5.41) is 0. The van der Waals surface area contributed by atoms with Crippen LogP contribution in [0.2, 0.25) is 0 Å². The third-order valence-corrected chi connectivity index (χ3v) is 5.36. The van der Waals surface area contributed by atoms with Crippen molar-refractivity contribution in [2.75, 3.05) is 0 Å². The third-order valence-electron chi connectivity index (χ3n) is 2.24. The van der Waals surface area contributed by atoms with Crippen molar-refractivity contribution >= 4 is 26.6 Å². The second-order valence-electron chi connectivity index (χ2n) is 3.24. The Bertz CT molecular complexity index is 253. The van der Waals surface area contributed by atoms with Crippen LogP contribution < -0.4 is 0 Å². The summed E-state index contributed by atoms with van der Waals surface area (Å²) in [6, 6.07) is 0. The van der Waals surface area contributed by atoms with Crippen molar-refractivity contribution in [3.05, 3.63) is 0 Å². The van der Waals surface area contributed by atoms with E-state index in [0.29, 0.717) is 0 Å². The lowest BCUT2D eigenvalue weighted by Crippen LogP contribution is -2.13. The molecule has 0 heterocycles. The van der Waals surface area contributed by atoms with Crippen molar-refractivity contribution in [2.24, 2.45) is 0 Å². The van der Waals surface area contributed by atoms with Gasteiger partial charge < -0.3 is 4.89 Å². The summed E-state index contributed by atoms with van der Waals surface area (Å²) < 4.78 is 18.7. The van der Waals surface area contributed by atoms with Crippen LogP contribution in [-0.2, 0) is 25.7 Å². The molecule has 2 unspecified atom stereocenters. The van der Waals surface area contributed by atoms with Gasteiger partial charge in [-0.2, -0.15) is 0 Å². The molecule has 1 aliphatic carbocycles. The minimum atomic E-state index is -3.05. The summed E-state index contributed by atoms with van der Waals surface area (Å²) in [5.74, 6) is 0. The smallest absolute Gasteiger partial charge is 0.343 e. The van der Waals surface area contributed by atoms with Gasteiger partial charge in [0.1, 0.15) is 0 Å². The number of hydrogen-bond acceptors (Lipinski definition) is 4. The maximum absolute atomic E-state index is 10.2. The molecule has 8 heteroatoms. The van der Waals surface area contributed by atoms with Crippen LogP contribution in [0.15, 0.2) is 0 Å². The average Bonchev–Trinajstić information content (AvgIpc) is 2.16. The summed E-state index contributed by atoms with van der Waals surface area (Å²) in [6.07, 6.45) is 4.77. The quantitative estimate of drug-likeness (QED) is 0.458. The minimum Gasteiger partial charge on any atom is -0.343 e. The van der Waals surface area contributed by atoms with Crippen molar-refractivity contribution in [1.29, 1.82) is 0 Å². The van der Waals surface area contributed by atoms with Crippen LogP contribution in [0.25, 0.3) is 0 Å². The molecule has 1 rings (SSSR count). The van der Waals surface area contributed by atoms with Gasteiger partial charge in [0.2, 0.25) is 6.49 Å². The van der Waals surface area contributed by atoms with Gasteiger partial charge in [-0.1, -0.05) is 19.3 Å². The monoisotopic (exact) mass is 259 g/mol. The first kappa shape index (κ1) is 12.7. The number of rotatable bonds is 4. The molecule has 1 saturated carbocycles. The highest BCUT2D eigenvalue weighted by atomic mass is 32.5. The van der Waals surface area contributed by atoms with E-state index >= 15 is 0 Å². The first-order valence-electron chi connectivity index (χ1n) is 4.37. The van der Waals surface area contributed by atoms with Crippen LogP contribution >= 0.6 is 14.7 Å². The molecule has 2 N–H and O–H groups in total. The zero-order valence-electron chi connectivity index (χ0n) is 7.53. The maximum Gasteiger partial charge on any atom is 0.726 e. The van der Waals surface area contributed by atoms with Gasteiger partial charge in [-0.05, 0) is 24.6 Å². The van der Waals surface area contributed by atoms with E-state index in [-0.39, 0.29) is 5.66 Å². The predicted octanol–water partition coefficient (Wildman–Crippen LogP) is 2.22. The molecule has 0 amide bonds. The van der Waals surface area contributed by atoms with E-state index < -0.39 is 14.7 Å². The Labute approximate surface area is 88.5 Å². The molecule has 14 heavy (non-hydrogen) atoms. The standard InChI is InChI=1S/C6H12O5P2S/c7-12(8)10-11-13(9,14)6-4-2-1-3-5-6/h6H,1-5H2,(H-,7,8,9,14)/p+1. The van der Waals surface area contributed by atoms with Crippen molar-refractivity contribution in [2.45, 2.75) is 37.8 Å². The van der Waals surface area contributed by atoms with Crippen LogP contribution in [0, 0.1) is 0 Å². The Balaban J connectivity index is 2.45. The molecule has 1 fully saturated rings. The van der Waals surface area contributed by atoms with E-state index in [2.05, 4.69) is 9.35 Å². The fraction of sp³-hybridized carbons (Fsp3) is 1.00. The number of hydrogen-bond donors (Lipinski definition) is 2. The predicted molar refractivity (Wildman–Crippen MR) is 55.4 cm³/mol. The Kier molecular flexibility index (Phi) is 5.08. The summed E-state index contributed by atoms with van der Waals surface area (Å²) >= 11 is 4.86. The second-order valence-corrected chi connectivity index (χ2v) is 7.44. The molecule has 0 aliphatic heterocycles. The van der Waals surface area contributed by atoms with Gasteiger partial charge in [0.25, 0.3) is 0 Å². The van der Waals surface area contributed by atoms with Crippen LogP contribution in [0.4, 0.5) is 0 Å². The van der Waals surface area contributed by atoms with E-state index in [0.717, 1.165) is 32.1 Å². The molecule has 0 radical (unpaired) electrons. The topological polar surface area (TPSA) is 76.0 Å². The average molecular weight is 259 g/mol. The molecule has 82 valence electrons. The third kappa shape index (κ3) is 3.99. The molecule has 0 bridgehead atoms. The van der Waals surface area contributed by atoms with Gasteiger partial charge in [0, 0.05) is 10.2 Å². The lowest BCUT2D eigenvalue weighted by atomic mass is 10.0. The van der Waals surface area contributed by atoms with Gasteiger partial charge in [-0.3, -0.25) is 0 Å². The van der Waals surface area contributed by atoms with Gasteiger partial charge in [-0.15, -0.1) is 9.57 Å².